The molecule has 0 saturated heterocycles. The van der Waals surface area contributed by atoms with E-state index < -0.39 is 5.97 Å². The molecule has 0 aliphatic carbocycles. The fourth-order valence-electron chi connectivity index (χ4n) is 2.14. The fourth-order valence-corrected chi connectivity index (χ4v) is 2.93. The average Bonchev–Trinajstić information content (AvgIpc) is 3.08. The third-order valence-electron chi connectivity index (χ3n) is 3.32. The van der Waals surface area contributed by atoms with Crippen molar-refractivity contribution in [3.63, 3.8) is 0 Å². The average molecular weight is 354 g/mol. The predicted molar refractivity (Wildman–Crippen MR) is 95.3 cm³/mol. The minimum absolute atomic E-state index is 0.176. The van der Waals surface area contributed by atoms with Gasteiger partial charge in [0.1, 0.15) is 17.4 Å². The highest BCUT2D eigenvalue weighted by Gasteiger charge is 2.04. The molecule has 25 heavy (non-hydrogen) atoms. The Morgan fingerprint density at radius 2 is 2.08 bits per heavy atom. The number of halogens is 1. The first kappa shape index (κ1) is 17.0. The number of thiazole rings is 1. The van der Waals surface area contributed by atoms with Gasteiger partial charge in [-0.1, -0.05) is 0 Å². The van der Waals surface area contributed by atoms with Crippen LogP contribution in [-0.2, 0) is 16.1 Å². The summed E-state index contributed by atoms with van der Waals surface area (Å²) in [5.41, 5.74) is 3.34. The molecule has 126 valence electrons. The van der Waals surface area contributed by atoms with Crippen LogP contribution in [0.2, 0.25) is 0 Å². The zero-order chi connectivity index (χ0) is 17.6. The molecule has 6 heteroatoms. The van der Waals surface area contributed by atoms with E-state index in [2.05, 4.69) is 9.97 Å². The summed E-state index contributed by atoms with van der Waals surface area (Å²) in [5.74, 6) is -0.732. The minimum atomic E-state index is -0.446. The number of rotatable bonds is 5. The van der Waals surface area contributed by atoms with Crippen LogP contribution in [0.5, 0.6) is 0 Å². The lowest BCUT2D eigenvalue weighted by Crippen LogP contribution is -2.01. The van der Waals surface area contributed by atoms with Crippen molar-refractivity contribution in [1.82, 2.24) is 9.97 Å². The van der Waals surface area contributed by atoms with E-state index in [4.69, 9.17) is 4.74 Å². The number of aryl methyl sites for hydroxylation is 1. The number of carbonyl (C=O) groups excluding carboxylic acids is 1. The van der Waals surface area contributed by atoms with Crippen LogP contribution in [0.25, 0.3) is 16.6 Å². The van der Waals surface area contributed by atoms with Crippen molar-refractivity contribution in [1.29, 1.82) is 0 Å². The van der Waals surface area contributed by atoms with Crippen molar-refractivity contribution in [2.45, 2.75) is 13.5 Å². The zero-order valence-electron chi connectivity index (χ0n) is 13.5. The van der Waals surface area contributed by atoms with E-state index >= 15 is 0 Å². The van der Waals surface area contributed by atoms with Crippen molar-refractivity contribution >= 4 is 23.4 Å². The second-order valence-corrected chi connectivity index (χ2v) is 6.25. The SMILES string of the molecule is Cc1cncc(COC(=O)/C=C/c2csc(-c3ccc(F)cc3)n2)c1. The molecule has 0 bridgehead atoms. The number of hydrogen-bond acceptors (Lipinski definition) is 5. The Balaban J connectivity index is 1.58. The van der Waals surface area contributed by atoms with E-state index in [1.807, 2.05) is 18.4 Å². The number of carbonyl (C=O) groups is 1. The van der Waals surface area contributed by atoms with Crippen molar-refractivity contribution in [3.05, 3.63) is 76.8 Å². The number of esters is 1. The highest BCUT2D eigenvalue weighted by molar-refractivity contribution is 7.13. The Labute approximate surface area is 148 Å². The molecule has 3 aromatic rings. The first-order valence-electron chi connectivity index (χ1n) is 7.57. The molecule has 0 amide bonds. The van der Waals surface area contributed by atoms with Gasteiger partial charge >= 0.3 is 5.97 Å². The lowest BCUT2D eigenvalue weighted by molar-refractivity contribution is -0.138. The third-order valence-corrected chi connectivity index (χ3v) is 4.23. The molecule has 0 fully saturated rings. The van der Waals surface area contributed by atoms with E-state index in [1.165, 1.54) is 29.5 Å². The van der Waals surface area contributed by atoms with Gasteiger partial charge in [0, 0.05) is 35.0 Å². The summed E-state index contributed by atoms with van der Waals surface area (Å²) in [6.45, 7) is 2.11. The summed E-state index contributed by atoms with van der Waals surface area (Å²) < 4.78 is 18.1. The predicted octanol–water partition coefficient (Wildman–Crippen LogP) is 4.41. The van der Waals surface area contributed by atoms with Crippen molar-refractivity contribution in [3.8, 4) is 10.6 Å². The normalized spacial score (nSPS) is 11.0. The molecule has 0 saturated carbocycles. The Bertz CT molecular complexity index is 904. The summed E-state index contributed by atoms with van der Waals surface area (Å²) in [4.78, 5) is 20.2. The molecule has 0 spiro atoms. The lowest BCUT2D eigenvalue weighted by Gasteiger charge is -2.02. The second-order valence-electron chi connectivity index (χ2n) is 5.40. The Hall–Kier alpha value is -2.86. The number of nitrogens with zero attached hydrogens (tertiary/aromatic N) is 2. The summed E-state index contributed by atoms with van der Waals surface area (Å²) in [7, 11) is 0. The van der Waals surface area contributed by atoms with Gasteiger partial charge in [0.25, 0.3) is 0 Å². The maximum atomic E-state index is 13.0. The molecule has 0 unspecified atom stereocenters. The quantitative estimate of drug-likeness (QED) is 0.503. The Morgan fingerprint density at radius 3 is 2.84 bits per heavy atom. The maximum absolute atomic E-state index is 13.0. The molecular weight excluding hydrogens is 339 g/mol. The van der Waals surface area contributed by atoms with Crippen LogP contribution in [-0.4, -0.2) is 15.9 Å². The summed E-state index contributed by atoms with van der Waals surface area (Å²) >= 11 is 1.43. The van der Waals surface area contributed by atoms with Gasteiger partial charge in [-0.05, 0) is 48.9 Å². The molecule has 4 nitrogen and oxygen atoms in total. The highest BCUT2D eigenvalue weighted by Crippen LogP contribution is 2.24. The first-order chi connectivity index (χ1) is 12.1. The third kappa shape index (κ3) is 4.81. The van der Waals surface area contributed by atoms with Gasteiger partial charge < -0.3 is 4.74 Å². The van der Waals surface area contributed by atoms with Gasteiger partial charge in [-0.15, -0.1) is 11.3 Å². The molecule has 0 atom stereocenters. The van der Waals surface area contributed by atoms with Crippen molar-refractivity contribution in [2.75, 3.05) is 0 Å². The van der Waals surface area contributed by atoms with Crippen LogP contribution in [0.15, 0.2) is 54.2 Å². The molecule has 0 N–H and O–H groups in total. The number of aromatic nitrogens is 2. The number of benzene rings is 1. The van der Waals surface area contributed by atoms with Crippen molar-refractivity contribution < 1.29 is 13.9 Å². The minimum Gasteiger partial charge on any atom is -0.458 e. The maximum Gasteiger partial charge on any atom is 0.331 e. The number of hydrogen-bond donors (Lipinski definition) is 0. The van der Waals surface area contributed by atoms with Crippen LogP contribution < -0.4 is 0 Å². The lowest BCUT2D eigenvalue weighted by atomic mass is 10.2. The molecule has 1 aromatic carbocycles. The van der Waals surface area contributed by atoms with Crippen LogP contribution in [0.1, 0.15) is 16.8 Å². The van der Waals surface area contributed by atoms with Gasteiger partial charge in [-0.25, -0.2) is 14.2 Å². The van der Waals surface area contributed by atoms with Gasteiger partial charge in [-0.2, -0.15) is 0 Å². The molecule has 0 aliphatic heterocycles. The molecule has 0 radical (unpaired) electrons. The van der Waals surface area contributed by atoms with Gasteiger partial charge in [-0.3, -0.25) is 4.98 Å². The Kier molecular flexibility index (Phi) is 5.30. The largest absolute Gasteiger partial charge is 0.458 e. The van der Waals surface area contributed by atoms with E-state index in [1.54, 1.807) is 30.6 Å². The fraction of sp³-hybridized carbons (Fsp3) is 0.105. The second kappa shape index (κ2) is 7.81. The molecule has 3 rings (SSSR count). The van der Waals surface area contributed by atoms with E-state index in [-0.39, 0.29) is 12.4 Å². The summed E-state index contributed by atoms with van der Waals surface area (Å²) in [6.07, 6.45) is 6.35. The molecular formula is C19H15FN2O2S. The smallest absolute Gasteiger partial charge is 0.331 e. The standard InChI is InChI=1S/C19H15FN2O2S/c1-13-8-14(10-21-9-13)11-24-18(23)7-6-17-12-25-19(22-17)15-2-4-16(20)5-3-15/h2-10,12H,11H2,1H3/b7-6+. The van der Waals surface area contributed by atoms with Crippen molar-refractivity contribution in [2.24, 2.45) is 0 Å². The van der Waals surface area contributed by atoms with Crippen LogP contribution in [0.4, 0.5) is 4.39 Å². The number of ether oxygens (including phenoxy) is 1. The van der Waals surface area contributed by atoms with Crippen LogP contribution >= 0.6 is 11.3 Å². The zero-order valence-corrected chi connectivity index (χ0v) is 14.3. The van der Waals surface area contributed by atoms with E-state index in [0.29, 0.717) is 5.69 Å². The van der Waals surface area contributed by atoms with Crippen LogP contribution in [0.3, 0.4) is 0 Å². The monoisotopic (exact) mass is 354 g/mol. The summed E-state index contributed by atoms with van der Waals surface area (Å²) in [5, 5.41) is 2.59. The van der Waals surface area contributed by atoms with Gasteiger partial charge in [0.05, 0.1) is 5.69 Å². The van der Waals surface area contributed by atoms with E-state index in [9.17, 15) is 9.18 Å². The molecule has 0 aliphatic rings. The topological polar surface area (TPSA) is 52.1 Å². The summed E-state index contributed by atoms with van der Waals surface area (Å²) in [6, 6.07) is 8.05. The first-order valence-corrected chi connectivity index (χ1v) is 8.45. The highest BCUT2D eigenvalue weighted by atomic mass is 32.1. The number of pyridine rings is 1. The van der Waals surface area contributed by atoms with Crippen LogP contribution in [0, 0.1) is 12.7 Å². The van der Waals surface area contributed by atoms with E-state index in [0.717, 1.165) is 21.7 Å². The molecule has 2 heterocycles. The molecule has 2 aromatic heterocycles. The Morgan fingerprint density at radius 1 is 1.28 bits per heavy atom. The van der Waals surface area contributed by atoms with Gasteiger partial charge in [0.2, 0.25) is 0 Å². The van der Waals surface area contributed by atoms with Gasteiger partial charge in [0.15, 0.2) is 0 Å².